The summed E-state index contributed by atoms with van der Waals surface area (Å²) in [6.07, 6.45) is 0. The molecule has 0 aliphatic rings. The van der Waals surface area contributed by atoms with Crippen LogP contribution in [0.15, 0.2) is 22.7 Å². The van der Waals surface area contributed by atoms with Gasteiger partial charge in [0.1, 0.15) is 6.54 Å². The van der Waals surface area contributed by atoms with E-state index in [9.17, 15) is 9.59 Å². The minimum Gasteiger partial charge on any atom is -0.480 e. The first-order chi connectivity index (χ1) is 8.47. The molecule has 2 aromatic rings. The van der Waals surface area contributed by atoms with Crippen LogP contribution in [0.4, 0.5) is 5.82 Å². The van der Waals surface area contributed by atoms with Crippen LogP contribution in [0, 0.1) is 0 Å². The van der Waals surface area contributed by atoms with Crippen molar-refractivity contribution in [1.29, 1.82) is 0 Å². The van der Waals surface area contributed by atoms with E-state index in [1.807, 2.05) is 0 Å². The van der Waals surface area contributed by atoms with E-state index in [2.05, 4.69) is 26.3 Å². The van der Waals surface area contributed by atoms with E-state index in [1.165, 1.54) is 11.6 Å². The van der Waals surface area contributed by atoms with Gasteiger partial charge in [0.15, 0.2) is 5.82 Å². The highest BCUT2D eigenvalue weighted by Crippen LogP contribution is 2.26. The summed E-state index contributed by atoms with van der Waals surface area (Å²) in [6.45, 7) is 1.12. The highest BCUT2D eigenvalue weighted by atomic mass is 79.9. The topological polar surface area (TPSA) is 84.2 Å². The van der Waals surface area contributed by atoms with E-state index in [1.54, 1.807) is 18.2 Å². The zero-order valence-corrected chi connectivity index (χ0v) is 11.1. The SMILES string of the molecule is CC(=O)Nc1nn(CC(=O)O)c2cc(Br)ccc12. The largest absolute Gasteiger partial charge is 0.480 e. The molecule has 1 aromatic carbocycles. The molecular weight excluding hydrogens is 302 g/mol. The van der Waals surface area contributed by atoms with E-state index in [0.717, 1.165) is 4.47 Å². The van der Waals surface area contributed by atoms with Crippen molar-refractivity contribution in [2.45, 2.75) is 13.5 Å². The Morgan fingerprint density at radius 3 is 2.83 bits per heavy atom. The minimum absolute atomic E-state index is 0.250. The molecule has 1 amide bonds. The molecule has 0 saturated heterocycles. The molecule has 0 spiro atoms. The van der Waals surface area contributed by atoms with Gasteiger partial charge in [-0.15, -0.1) is 0 Å². The van der Waals surface area contributed by atoms with Gasteiger partial charge in [-0.2, -0.15) is 5.10 Å². The second-order valence-electron chi connectivity index (χ2n) is 3.74. The fourth-order valence-corrected chi connectivity index (χ4v) is 2.00. The lowest BCUT2D eigenvalue weighted by Gasteiger charge is -1.98. The second-order valence-corrected chi connectivity index (χ2v) is 4.66. The fraction of sp³-hybridized carbons (Fsp3) is 0.182. The molecule has 18 heavy (non-hydrogen) atoms. The summed E-state index contributed by atoms with van der Waals surface area (Å²) in [4.78, 5) is 21.8. The van der Waals surface area contributed by atoms with Crippen molar-refractivity contribution in [3.63, 3.8) is 0 Å². The number of carboxylic acid groups (broad SMARTS) is 1. The number of anilines is 1. The number of fused-ring (bicyclic) bond motifs is 1. The van der Waals surface area contributed by atoms with Crippen molar-refractivity contribution in [3.05, 3.63) is 22.7 Å². The van der Waals surface area contributed by atoms with E-state index in [-0.39, 0.29) is 12.5 Å². The molecule has 0 radical (unpaired) electrons. The van der Waals surface area contributed by atoms with E-state index in [4.69, 9.17) is 5.11 Å². The molecule has 0 fully saturated rings. The van der Waals surface area contributed by atoms with Crippen LogP contribution in [-0.4, -0.2) is 26.8 Å². The van der Waals surface area contributed by atoms with Gasteiger partial charge in [-0.3, -0.25) is 14.3 Å². The smallest absolute Gasteiger partial charge is 0.325 e. The second kappa shape index (κ2) is 4.77. The summed E-state index contributed by atoms with van der Waals surface area (Å²) in [6, 6.07) is 5.34. The molecule has 2 rings (SSSR count). The molecule has 0 aliphatic heterocycles. The molecule has 2 N–H and O–H groups in total. The van der Waals surface area contributed by atoms with Crippen molar-refractivity contribution < 1.29 is 14.7 Å². The number of hydrogen-bond donors (Lipinski definition) is 2. The number of carbonyl (C=O) groups is 2. The molecule has 0 atom stereocenters. The first kappa shape index (κ1) is 12.6. The van der Waals surface area contributed by atoms with Gasteiger partial charge in [0.05, 0.1) is 5.52 Å². The van der Waals surface area contributed by atoms with Gasteiger partial charge in [-0.25, -0.2) is 0 Å². The van der Waals surface area contributed by atoms with Crippen molar-refractivity contribution in [2.24, 2.45) is 0 Å². The number of rotatable bonds is 3. The number of nitrogens with one attached hydrogen (secondary N) is 1. The molecular formula is C11H10BrN3O3. The van der Waals surface area contributed by atoms with Crippen LogP contribution in [0.5, 0.6) is 0 Å². The average molecular weight is 312 g/mol. The Balaban J connectivity index is 2.59. The number of carbonyl (C=O) groups excluding carboxylic acids is 1. The molecule has 1 aromatic heterocycles. The molecule has 7 heteroatoms. The van der Waals surface area contributed by atoms with Crippen LogP contribution < -0.4 is 5.32 Å². The number of carboxylic acids is 1. The Labute approximate surface area is 111 Å². The standard InChI is InChI=1S/C11H10BrN3O3/c1-6(16)13-11-8-3-2-7(12)4-9(8)15(14-11)5-10(17)18/h2-4H,5H2,1H3,(H,17,18)(H,13,14,16). The predicted molar refractivity (Wildman–Crippen MR) is 69.4 cm³/mol. The summed E-state index contributed by atoms with van der Waals surface area (Å²) in [5, 5.41) is 16.2. The highest BCUT2D eigenvalue weighted by Gasteiger charge is 2.13. The molecule has 0 unspecified atom stereocenters. The number of halogens is 1. The van der Waals surface area contributed by atoms with Crippen LogP contribution in [0.1, 0.15) is 6.92 Å². The maximum atomic E-state index is 11.1. The molecule has 0 aliphatic carbocycles. The Bertz CT molecular complexity index is 636. The Morgan fingerprint density at radius 2 is 2.22 bits per heavy atom. The Kier molecular flexibility index (Phi) is 3.33. The normalized spacial score (nSPS) is 10.6. The van der Waals surface area contributed by atoms with Gasteiger partial charge < -0.3 is 10.4 Å². The Hall–Kier alpha value is -1.89. The zero-order valence-electron chi connectivity index (χ0n) is 9.48. The van der Waals surface area contributed by atoms with Crippen molar-refractivity contribution >= 4 is 44.5 Å². The van der Waals surface area contributed by atoms with Crippen LogP contribution in [-0.2, 0) is 16.1 Å². The summed E-state index contributed by atoms with van der Waals surface area (Å²) in [7, 11) is 0. The van der Waals surface area contributed by atoms with Gasteiger partial charge in [0, 0.05) is 16.8 Å². The third-order valence-corrected chi connectivity index (χ3v) is 2.79. The maximum Gasteiger partial charge on any atom is 0.325 e. The van der Waals surface area contributed by atoms with Crippen molar-refractivity contribution in [2.75, 3.05) is 5.32 Å². The van der Waals surface area contributed by atoms with Crippen LogP contribution >= 0.6 is 15.9 Å². The molecule has 1 heterocycles. The summed E-state index contributed by atoms with van der Waals surface area (Å²) < 4.78 is 2.16. The summed E-state index contributed by atoms with van der Waals surface area (Å²) >= 11 is 3.32. The van der Waals surface area contributed by atoms with Crippen LogP contribution in [0.2, 0.25) is 0 Å². The lowest BCUT2D eigenvalue weighted by molar-refractivity contribution is -0.137. The summed E-state index contributed by atoms with van der Waals surface area (Å²) in [5.74, 6) is -0.875. The number of amides is 1. The van der Waals surface area contributed by atoms with Crippen LogP contribution in [0.3, 0.4) is 0 Å². The van der Waals surface area contributed by atoms with Gasteiger partial charge >= 0.3 is 5.97 Å². The summed E-state index contributed by atoms with van der Waals surface area (Å²) in [5.41, 5.74) is 0.649. The molecule has 94 valence electrons. The minimum atomic E-state index is -0.992. The number of hydrogen-bond acceptors (Lipinski definition) is 3. The average Bonchev–Trinajstić information content (AvgIpc) is 2.54. The Morgan fingerprint density at radius 1 is 1.50 bits per heavy atom. The third-order valence-electron chi connectivity index (χ3n) is 2.29. The van der Waals surface area contributed by atoms with E-state index < -0.39 is 5.97 Å². The quantitative estimate of drug-likeness (QED) is 0.906. The number of benzene rings is 1. The van der Waals surface area contributed by atoms with Gasteiger partial charge in [0.2, 0.25) is 5.91 Å². The highest BCUT2D eigenvalue weighted by molar-refractivity contribution is 9.10. The van der Waals surface area contributed by atoms with E-state index >= 15 is 0 Å². The number of aliphatic carboxylic acids is 1. The van der Waals surface area contributed by atoms with Gasteiger partial charge in [-0.1, -0.05) is 15.9 Å². The maximum absolute atomic E-state index is 11.1. The van der Waals surface area contributed by atoms with Crippen LogP contribution in [0.25, 0.3) is 10.9 Å². The first-order valence-electron chi connectivity index (χ1n) is 5.13. The number of aromatic nitrogens is 2. The lowest BCUT2D eigenvalue weighted by Crippen LogP contribution is -2.11. The molecule has 0 bridgehead atoms. The van der Waals surface area contributed by atoms with E-state index in [0.29, 0.717) is 16.7 Å². The predicted octanol–water partition coefficient (Wildman–Crippen LogP) is 1.84. The molecule has 6 nitrogen and oxygen atoms in total. The van der Waals surface area contributed by atoms with Crippen molar-refractivity contribution in [3.8, 4) is 0 Å². The monoisotopic (exact) mass is 311 g/mol. The zero-order chi connectivity index (χ0) is 13.3. The third kappa shape index (κ3) is 2.51. The lowest BCUT2D eigenvalue weighted by atomic mass is 10.2. The first-order valence-corrected chi connectivity index (χ1v) is 5.92. The fourth-order valence-electron chi connectivity index (χ4n) is 1.65. The molecule has 0 saturated carbocycles. The van der Waals surface area contributed by atoms with Crippen molar-refractivity contribution in [1.82, 2.24) is 9.78 Å². The number of nitrogens with zero attached hydrogens (tertiary/aromatic N) is 2. The van der Waals surface area contributed by atoms with Gasteiger partial charge in [-0.05, 0) is 18.2 Å². The van der Waals surface area contributed by atoms with Gasteiger partial charge in [0.25, 0.3) is 0 Å².